The second-order valence-electron chi connectivity index (χ2n) is 3.80. The Morgan fingerprint density at radius 1 is 1.65 bits per heavy atom. The number of aromatic amines is 1. The first-order chi connectivity index (χ1) is 7.99. The second kappa shape index (κ2) is 3.93. The number of aromatic nitrogens is 3. The smallest absolute Gasteiger partial charge is 0.405 e. The predicted octanol–water partition coefficient (Wildman–Crippen LogP) is 0.660. The maximum Gasteiger partial charge on any atom is 0.405 e. The van der Waals surface area contributed by atoms with Crippen molar-refractivity contribution in [3.63, 3.8) is 0 Å². The molecule has 7 heteroatoms. The Kier molecular flexibility index (Phi) is 2.58. The number of hydrogen-bond acceptors (Lipinski definition) is 3. The van der Waals surface area contributed by atoms with E-state index in [0.717, 1.165) is 5.56 Å². The van der Waals surface area contributed by atoms with E-state index < -0.39 is 12.1 Å². The highest BCUT2D eigenvalue weighted by atomic mass is 16.4. The highest BCUT2D eigenvalue weighted by molar-refractivity contribution is 5.64. The summed E-state index contributed by atoms with van der Waals surface area (Å²) in [5.41, 5.74) is 1.01. The first-order valence-corrected chi connectivity index (χ1v) is 5.06. The molecule has 90 valence electrons. The molecule has 0 aromatic carbocycles. The molecule has 1 unspecified atom stereocenters. The summed E-state index contributed by atoms with van der Waals surface area (Å²) in [5.74, 6) is 0.278. The summed E-state index contributed by atoms with van der Waals surface area (Å²) in [5, 5.41) is 15.0. The molecule has 0 spiro atoms. The van der Waals surface area contributed by atoms with E-state index in [9.17, 15) is 9.59 Å². The number of nitrogens with one attached hydrogen (secondary N) is 2. The molecule has 0 radical (unpaired) electrons. The van der Waals surface area contributed by atoms with Crippen LogP contribution in [0.3, 0.4) is 0 Å². The third-order valence-electron chi connectivity index (χ3n) is 2.49. The molecule has 0 saturated carbocycles. The van der Waals surface area contributed by atoms with Gasteiger partial charge in [-0.15, -0.1) is 0 Å². The molecule has 0 bridgehead atoms. The van der Waals surface area contributed by atoms with E-state index in [0.29, 0.717) is 5.52 Å². The van der Waals surface area contributed by atoms with Crippen molar-refractivity contribution in [2.45, 2.75) is 19.9 Å². The van der Waals surface area contributed by atoms with E-state index >= 15 is 0 Å². The zero-order valence-corrected chi connectivity index (χ0v) is 9.39. The minimum Gasteiger partial charge on any atom is -0.465 e. The Morgan fingerprint density at radius 3 is 3.00 bits per heavy atom. The van der Waals surface area contributed by atoms with Gasteiger partial charge in [-0.3, -0.25) is 4.79 Å². The van der Waals surface area contributed by atoms with Gasteiger partial charge in [-0.1, -0.05) is 0 Å². The Morgan fingerprint density at radius 2 is 2.35 bits per heavy atom. The van der Waals surface area contributed by atoms with E-state index in [2.05, 4.69) is 15.4 Å². The largest absolute Gasteiger partial charge is 0.465 e. The monoisotopic (exact) mass is 236 g/mol. The number of rotatable bonds is 2. The molecule has 7 nitrogen and oxygen atoms in total. The first kappa shape index (κ1) is 11.2. The molecule has 0 aliphatic carbocycles. The summed E-state index contributed by atoms with van der Waals surface area (Å²) in [6.45, 7) is 3.42. The van der Waals surface area contributed by atoms with E-state index in [1.54, 1.807) is 19.2 Å². The average Bonchev–Trinajstić information content (AvgIpc) is 2.59. The maximum atomic E-state index is 11.8. The molecule has 1 atom stereocenters. The van der Waals surface area contributed by atoms with Crippen molar-refractivity contribution >= 4 is 11.6 Å². The summed E-state index contributed by atoms with van der Waals surface area (Å²) in [4.78, 5) is 24.8. The Hall–Kier alpha value is -2.31. The molecule has 2 aromatic rings. The van der Waals surface area contributed by atoms with E-state index in [4.69, 9.17) is 5.11 Å². The number of nitrogens with zero attached hydrogens (tertiary/aromatic N) is 2. The van der Waals surface area contributed by atoms with Crippen LogP contribution in [0.25, 0.3) is 5.52 Å². The number of amides is 1. The Labute approximate surface area is 96.1 Å². The average molecular weight is 236 g/mol. The molecule has 2 aromatic heterocycles. The molecule has 3 N–H and O–H groups in total. The van der Waals surface area contributed by atoms with Crippen molar-refractivity contribution in [2.24, 2.45) is 0 Å². The van der Waals surface area contributed by atoms with Crippen LogP contribution in [0.5, 0.6) is 0 Å². The summed E-state index contributed by atoms with van der Waals surface area (Å²) in [6, 6.07) is 1.20. The van der Waals surface area contributed by atoms with Gasteiger partial charge >= 0.3 is 6.09 Å². The van der Waals surface area contributed by atoms with Gasteiger partial charge in [0.2, 0.25) is 0 Å². The minimum atomic E-state index is -1.16. The topological polar surface area (TPSA) is 99.5 Å². The van der Waals surface area contributed by atoms with Crippen LogP contribution < -0.4 is 10.9 Å². The highest BCUT2D eigenvalue weighted by Gasteiger charge is 2.13. The SMILES string of the molecule is Cc1ccn2nc(C(C)NC(=O)O)[nH]c(=O)c12. The zero-order chi connectivity index (χ0) is 12.6. The fourth-order valence-electron chi connectivity index (χ4n) is 1.65. The van der Waals surface area contributed by atoms with Crippen molar-refractivity contribution in [3.05, 3.63) is 34.0 Å². The normalized spacial score (nSPS) is 12.6. The van der Waals surface area contributed by atoms with Crippen LogP contribution in [0.15, 0.2) is 17.1 Å². The molecule has 2 rings (SSSR count). The van der Waals surface area contributed by atoms with Crippen molar-refractivity contribution in [1.82, 2.24) is 19.9 Å². The van der Waals surface area contributed by atoms with Crippen molar-refractivity contribution in [2.75, 3.05) is 0 Å². The fraction of sp³-hybridized carbons (Fsp3) is 0.300. The summed E-state index contributed by atoms with van der Waals surface area (Å²) in [7, 11) is 0. The van der Waals surface area contributed by atoms with Crippen molar-refractivity contribution < 1.29 is 9.90 Å². The van der Waals surface area contributed by atoms with E-state index in [1.807, 2.05) is 6.92 Å². The van der Waals surface area contributed by atoms with Gasteiger partial charge in [0.25, 0.3) is 5.56 Å². The predicted molar refractivity (Wildman–Crippen MR) is 60.1 cm³/mol. The standard InChI is InChI=1S/C10H12N4O3/c1-5-3-4-14-7(5)9(15)12-8(13-14)6(2)11-10(16)17/h3-4,6,11H,1-2H3,(H,16,17)(H,12,13,15). The lowest BCUT2D eigenvalue weighted by Crippen LogP contribution is -2.28. The third-order valence-corrected chi connectivity index (χ3v) is 2.49. The quantitative estimate of drug-likeness (QED) is 0.713. The van der Waals surface area contributed by atoms with Gasteiger partial charge < -0.3 is 15.4 Å². The molecule has 0 aliphatic heterocycles. The number of carbonyl (C=O) groups is 1. The van der Waals surface area contributed by atoms with Crippen LogP contribution in [0.1, 0.15) is 24.4 Å². The van der Waals surface area contributed by atoms with Crippen molar-refractivity contribution in [3.8, 4) is 0 Å². The molecular formula is C10H12N4O3. The summed E-state index contributed by atoms with van der Waals surface area (Å²) in [6.07, 6.45) is 0.501. The Bertz CT molecular complexity index is 628. The van der Waals surface area contributed by atoms with Crippen LogP contribution in [-0.2, 0) is 0 Å². The van der Waals surface area contributed by atoms with E-state index in [1.165, 1.54) is 4.52 Å². The fourth-order valence-corrected chi connectivity index (χ4v) is 1.65. The second-order valence-corrected chi connectivity index (χ2v) is 3.80. The molecule has 0 fully saturated rings. The van der Waals surface area contributed by atoms with Gasteiger partial charge in [0, 0.05) is 6.20 Å². The molecule has 0 aliphatic rings. The molecule has 2 heterocycles. The van der Waals surface area contributed by atoms with Crippen LogP contribution in [0, 0.1) is 6.92 Å². The molecule has 0 saturated heterocycles. The summed E-state index contributed by atoms with van der Waals surface area (Å²) >= 11 is 0. The van der Waals surface area contributed by atoms with Gasteiger partial charge in [-0.2, -0.15) is 5.10 Å². The molecule has 17 heavy (non-hydrogen) atoms. The van der Waals surface area contributed by atoms with Gasteiger partial charge in [0.05, 0.1) is 6.04 Å². The molecule has 1 amide bonds. The highest BCUT2D eigenvalue weighted by Crippen LogP contribution is 2.08. The summed E-state index contributed by atoms with van der Waals surface area (Å²) < 4.78 is 1.45. The van der Waals surface area contributed by atoms with E-state index in [-0.39, 0.29) is 11.4 Å². The lowest BCUT2D eigenvalue weighted by atomic mass is 10.3. The number of carboxylic acid groups (broad SMARTS) is 1. The maximum absolute atomic E-state index is 11.8. The third kappa shape index (κ3) is 1.99. The van der Waals surface area contributed by atoms with Crippen molar-refractivity contribution in [1.29, 1.82) is 0 Å². The minimum absolute atomic E-state index is 0.278. The van der Waals surface area contributed by atoms with Crippen LogP contribution in [0.4, 0.5) is 4.79 Å². The zero-order valence-electron chi connectivity index (χ0n) is 9.39. The number of fused-ring (bicyclic) bond motifs is 1. The Balaban J connectivity index is 2.50. The van der Waals surface area contributed by atoms with Gasteiger partial charge in [-0.25, -0.2) is 9.31 Å². The van der Waals surface area contributed by atoms with Crippen LogP contribution >= 0.6 is 0 Å². The van der Waals surface area contributed by atoms with Gasteiger partial charge in [0.1, 0.15) is 5.52 Å². The van der Waals surface area contributed by atoms with Crippen LogP contribution in [-0.4, -0.2) is 25.8 Å². The first-order valence-electron chi connectivity index (χ1n) is 5.06. The van der Waals surface area contributed by atoms with Gasteiger partial charge in [0.15, 0.2) is 5.82 Å². The number of hydrogen-bond donors (Lipinski definition) is 3. The van der Waals surface area contributed by atoms with Crippen LogP contribution in [0.2, 0.25) is 0 Å². The number of H-pyrrole nitrogens is 1. The lowest BCUT2D eigenvalue weighted by molar-refractivity contribution is 0.190. The molecular weight excluding hydrogens is 224 g/mol. The number of aryl methyl sites for hydroxylation is 1. The van der Waals surface area contributed by atoms with Gasteiger partial charge in [-0.05, 0) is 25.5 Å². The lowest BCUT2D eigenvalue weighted by Gasteiger charge is -2.10.